The van der Waals surface area contributed by atoms with Crippen molar-refractivity contribution in [3.63, 3.8) is 0 Å². The van der Waals surface area contributed by atoms with Crippen LogP contribution >= 0.6 is 11.3 Å². The molecule has 5 heterocycles. The number of anilines is 1. The van der Waals surface area contributed by atoms with E-state index >= 15 is 0 Å². The lowest BCUT2D eigenvalue weighted by molar-refractivity contribution is 0.0331. The van der Waals surface area contributed by atoms with Crippen molar-refractivity contribution in [3.8, 4) is 0 Å². The van der Waals surface area contributed by atoms with E-state index in [1.807, 2.05) is 21.1 Å². The number of morpholine rings is 2. The van der Waals surface area contributed by atoms with Crippen molar-refractivity contribution in [1.29, 1.82) is 0 Å². The summed E-state index contributed by atoms with van der Waals surface area (Å²) in [4.78, 5) is 34.6. The summed E-state index contributed by atoms with van der Waals surface area (Å²) in [6, 6.07) is 0.150. The van der Waals surface area contributed by atoms with Gasteiger partial charge in [-0.2, -0.15) is 0 Å². The number of hydrogen-bond donors (Lipinski definition) is 0. The number of rotatable bonds is 3. The zero-order valence-corrected chi connectivity index (χ0v) is 20.7. The topological polar surface area (TPSA) is 74.3 Å². The maximum atomic E-state index is 13.0. The number of thiophene rings is 1. The molecule has 3 fully saturated rings. The lowest BCUT2D eigenvalue weighted by atomic mass is 9.97. The van der Waals surface area contributed by atoms with Gasteiger partial charge < -0.3 is 24.2 Å². The molecule has 3 saturated heterocycles. The fraction of sp³-hybridized carbons (Fsp3) is 0.708. The van der Waals surface area contributed by atoms with Crippen LogP contribution in [0.2, 0.25) is 0 Å². The molecule has 0 bridgehead atoms. The quantitative estimate of drug-likeness (QED) is 0.657. The van der Waals surface area contributed by atoms with E-state index in [4.69, 9.17) is 19.4 Å². The summed E-state index contributed by atoms with van der Waals surface area (Å²) >= 11 is 1.87. The predicted molar refractivity (Wildman–Crippen MR) is 132 cm³/mol. The second-order valence-electron chi connectivity index (χ2n) is 9.60. The summed E-state index contributed by atoms with van der Waals surface area (Å²) in [6.45, 7) is 9.93. The molecule has 0 unspecified atom stereocenters. The van der Waals surface area contributed by atoms with Crippen molar-refractivity contribution in [2.24, 2.45) is 0 Å². The molecule has 184 valence electrons. The Morgan fingerprint density at radius 2 is 1.50 bits per heavy atom. The highest BCUT2D eigenvalue weighted by molar-refractivity contribution is 7.19. The molecule has 34 heavy (non-hydrogen) atoms. The van der Waals surface area contributed by atoms with Crippen molar-refractivity contribution in [2.45, 2.75) is 32.2 Å². The summed E-state index contributed by atoms with van der Waals surface area (Å²) in [6.07, 6.45) is 4.81. The van der Waals surface area contributed by atoms with E-state index in [-0.39, 0.29) is 6.03 Å². The van der Waals surface area contributed by atoms with Crippen LogP contribution in [-0.4, -0.2) is 109 Å². The Kier molecular flexibility index (Phi) is 6.56. The Morgan fingerprint density at radius 3 is 2.26 bits per heavy atom. The molecular formula is C24H34N6O3S. The van der Waals surface area contributed by atoms with Gasteiger partial charge in [0.15, 0.2) is 0 Å². The second kappa shape index (κ2) is 9.93. The van der Waals surface area contributed by atoms with E-state index in [0.29, 0.717) is 26.3 Å². The van der Waals surface area contributed by atoms with Crippen LogP contribution in [-0.2, 0) is 28.9 Å². The summed E-state index contributed by atoms with van der Waals surface area (Å²) < 4.78 is 10.9. The third-order valence-electron chi connectivity index (χ3n) is 7.44. The first-order valence-electron chi connectivity index (χ1n) is 12.7. The molecule has 2 amide bonds. The Morgan fingerprint density at radius 1 is 0.824 bits per heavy atom. The number of aryl methyl sites for hydroxylation is 2. The lowest BCUT2D eigenvalue weighted by Gasteiger charge is -2.39. The molecule has 10 heteroatoms. The fourth-order valence-electron chi connectivity index (χ4n) is 5.50. The third-order valence-corrected chi connectivity index (χ3v) is 8.63. The number of hydrogen-bond acceptors (Lipinski definition) is 8. The van der Waals surface area contributed by atoms with Crippen molar-refractivity contribution >= 4 is 33.4 Å². The second-order valence-corrected chi connectivity index (χ2v) is 10.7. The van der Waals surface area contributed by atoms with Gasteiger partial charge in [0.25, 0.3) is 0 Å². The van der Waals surface area contributed by atoms with Crippen LogP contribution in [0.25, 0.3) is 10.2 Å². The minimum atomic E-state index is 0.150. The lowest BCUT2D eigenvalue weighted by Crippen LogP contribution is -2.55. The van der Waals surface area contributed by atoms with Gasteiger partial charge in [-0.15, -0.1) is 11.3 Å². The molecule has 0 spiro atoms. The van der Waals surface area contributed by atoms with Gasteiger partial charge in [-0.1, -0.05) is 0 Å². The Balaban J connectivity index is 1.25. The molecule has 1 aliphatic carbocycles. The van der Waals surface area contributed by atoms with Crippen LogP contribution in [0.4, 0.5) is 10.6 Å². The van der Waals surface area contributed by atoms with Gasteiger partial charge in [0.2, 0.25) is 0 Å². The Labute approximate surface area is 204 Å². The highest BCUT2D eigenvalue weighted by Crippen LogP contribution is 2.40. The number of carbonyl (C=O) groups is 1. The van der Waals surface area contributed by atoms with Crippen LogP contribution in [0.3, 0.4) is 0 Å². The normalized spacial score (nSPS) is 22.3. The molecule has 0 radical (unpaired) electrons. The highest BCUT2D eigenvalue weighted by atomic mass is 32.1. The average Bonchev–Trinajstić information content (AvgIpc) is 3.27. The molecule has 6 rings (SSSR count). The highest BCUT2D eigenvalue weighted by Gasteiger charge is 2.30. The van der Waals surface area contributed by atoms with E-state index in [0.717, 1.165) is 88.3 Å². The zero-order valence-electron chi connectivity index (χ0n) is 19.8. The summed E-state index contributed by atoms with van der Waals surface area (Å²) in [5.74, 6) is 2.00. The van der Waals surface area contributed by atoms with Gasteiger partial charge in [-0.05, 0) is 31.2 Å². The smallest absolute Gasteiger partial charge is 0.320 e. The average molecular weight is 487 g/mol. The number of fused-ring (bicyclic) bond motifs is 3. The van der Waals surface area contributed by atoms with E-state index in [1.54, 1.807) is 0 Å². The third kappa shape index (κ3) is 4.48. The molecule has 0 atom stereocenters. The minimum absolute atomic E-state index is 0.150. The maximum absolute atomic E-state index is 13.0. The molecule has 2 aromatic rings. The zero-order chi connectivity index (χ0) is 22.9. The Bertz CT molecular complexity index is 1030. The van der Waals surface area contributed by atoms with Gasteiger partial charge >= 0.3 is 6.03 Å². The predicted octanol–water partition coefficient (Wildman–Crippen LogP) is 1.98. The molecule has 0 N–H and O–H groups in total. The molecule has 4 aliphatic rings. The Hall–Kier alpha value is -2.01. The molecule has 0 saturated carbocycles. The van der Waals surface area contributed by atoms with Gasteiger partial charge in [0.05, 0.1) is 38.4 Å². The first kappa shape index (κ1) is 22.5. The monoisotopic (exact) mass is 486 g/mol. The molecule has 3 aliphatic heterocycles. The SMILES string of the molecule is O=C(N1CCOCC1)N1CCN(c2nc(CN3CCOCC3)nc3sc4c(c23)CCCC4)CC1. The van der Waals surface area contributed by atoms with E-state index in [2.05, 4.69) is 9.80 Å². The van der Waals surface area contributed by atoms with Crippen molar-refractivity contribution in [3.05, 3.63) is 16.3 Å². The summed E-state index contributed by atoms with van der Waals surface area (Å²) in [5.41, 5.74) is 1.48. The number of amides is 2. The number of carbonyl (C=O) groups excluding carboxylic acids is 1. The van der Waals surface area contributed by atoms with Crippen molar-refractivity contribution < 1.29 is 14.3 Å². The van der Waals surface area contributed by atoms with Crippen LogP contribution in [0.15, 0.2) is 0 Å². The van der Waals surface area contributed by atoms with Crippen LogP contribution in [0.5, 0.6) is 0 Å². The van der Waals surface area contributed by atoms with Gasteiger partial charge in [-0.25, -0.2) is 14.8 Å². The first-order chi connectivity index (χ1) is 16.8. The number of urea groups is 1. The van der Waals surface area contributed by atoms with Crippen LogP contribution in [0.1, 0.15) is 29.1 Å². The standard InChI is InChI=1S/C24H34N6O3S/c31-24(30-11-15-33-16-12-30)29-7-5-28(6-8-29)22-21-18-3-1-2-4-19(18)34-23(21)26-20(25-22)17-27-9-13-32-14-10-27/h1-17H2. The molecule has 0 aromatic carbocycles. The van der Waals surface area contributed by atoms with E-state index < -0.39 is 0 Å². The fourth-order valence-corrected chi connectivity index (χ4v) is 6.78. The van der Waals surface area contributed by atoms with Gasteiger partial charge in [-0.3, -0.25) is 4.90 Å². The van der Waals surface area contributed by atoms with Crippen molar-refractivity contribution in [2.75, 3.05) is 83.7 Å². The molecule has 9 nitrogen and oxygen atoms in total. The van der Waals surface area contributed by atoms with Crippen LogP contribution in [0, 0.1) is 0 Å². The summed E-state index contributed by atoms with van der Waals surface area (Å²) in [7, 11) is 0. The maximum Gasteiger partial charge on any atom is 0.320 e. The number of ether oxygens (including phenoxy) is 2. The van der Waals surface area contributed by atoms with E-state index in [1.165, 1.54) is 28.7 Å². The summed E-state index contributed by atoms with van der Waals surface area (Å²) in [5, 5.41) is 1.28. The minimum Gasteiger partial charge on any atom is -0.379 e. The van der Waals surface area contributed by atoms with Gasteiger partial charge in [0, 0.05) is 57.2 Å². The van der Waals surface area contributed by atoms with E-state index in [9.17, 15) is 4.79 Å². The largest absolute Gasteiger partial charge is 0.379 e. The molecular weight excluding hydrogens is 452 g/mol. The van der Waals surface area contributed by atoms with Gasteiger partial charge in [0.1, 0.15) is 16.5 Å². The first-order valence-corrected chi connectivity index (χ1v) is 13.6. The van der Waals surface area contributed by atoms with Crippen LogP contribution < -0.4 is 4.90 Å². The molecule has 2 aromatic heterocycles. The van der Waals surface area contributed by atoms with Crippen molar-refractivity contribution in [1.82, 2.24) is 24.7 Å². The number of nitrogens with zero attached hydrogens (tertiary/aromatic N) is 6. The number of aromatic nitrogens is 2. The number of piperazine rings is 1.